The van der Waals surface area contributed by atoms with Gasteiger partial charge >= 0.3 is 11.7 Å². The highest BCUT2D eigenvalue weighted by molar-refractivity contribution is 6.30. The van der Waals surface area contributed by atoms with Crippen LogP contribution >= 0.6 is 11.6 Å². The smallest absolute Gasteiger partial charge is 0.329 e. The Hall–Kier alpha value is -2.53. The number of para-hydroxylation sites is 2. The van der Waals surface area contributed by atoms with Gasteiger partial charge in [-0.25, -0.2) is 4.79 Å². The second-order valence-corrected chi connectivity index (χ2v) is 7.48. The number of hydrogen-bond donors (Lipinski definition) is 1. The van der Waals surface area contributed by atoms with Gasteiger partial charge in [0.2, 0.25) is 0 Å². The third-order valence-electron chi connectivity index (χ3n) is 4.95. The molecule has 1 heterocycles. The van der Waals surface area contributed by atoms with Crippen LogP contribution in [0.3, 0.4) is 0 Å². The summed E-state index contributed by atoms with van der Waals surface area (Å²) in [5, 5.41) is 9.35. The maximum absolute atomic E-state index is 13.0. The van der Waals surface area contributed by atoms with Gasteiger partial charge in [-0.15, -0.1) is 0 Å². The van der Waals surface area contributed by atoms with Gasteiger partial charge in [0.25, 0.3) is 0 Å². The largest absolute Gasteiger partial charge is 0.481 e. The molecular formula is C22H25ClN2O3. The summed E-state index contributed by atoms with van der Waals surface area (Å²) < 4.78 is 3.66. The van der Waals surface area contributed by atoms with E-state index in [1.807, 2.05) is 57.7 Å². The first-order valence-corrected chi connectivity index (χ1v) is 10.1. The normalized spacial score (nSPS) is 11.2. The zero-order valence-electron chi connectivity index (χ0n) is 15.8. The van der Waals surface area contributed by atoms with Crippen molar-refractivity contribution in [3.05, 3.63) is 69.6 Å². The molecule has 0 unspecified atom stereocenters. The van der Waals surface area contributed by atoms with E-state index in [9.17, 15) is 9.59 Å². The number of fused-ring (bicyclic) bond motifs is 1. The van der Waals surface area contributed by atoms with Crippen LogP contribution in [-0.4, -0.2) is 20.2 Å². The molecule has 0 spiro atoms. The molecule has 148 valence electrons. The van der Waals surface area contributed by atoms with E-state index in [-0.39, 0.29) is 12.1 Å². The third-order valence-corrected chi connectivity index (χ3v) is 5.20. The van der Waals surface area contributed by atoms with Gasteiger partial charge in [-0.3, -0.25) is 13.9 Å². The number of halogens is 1. The maximum Gasteiger partial charge on any atom is 0.329 e. The summed E-state index contributed by atoms with van der Waals surface area (Å²) >= 11 is 5.96. The average molecular weight is 401 g/mol. The molecule has 0 amide bonds. The van der Waals surface area contributed by atoms with Crippen molar-refractivity contribution >= 4 is 28.6 Å². The molecule has 3 aromatic rings. The van der Waals surface area contributed by atoms with Gasteiger partial charge in [0, 0.05) is 18.0 Å². The van der Waals surface area contributed by atoms with Crippen LogP contribution in [-0.2, 0) is 17.9 Å². The van der Waals surface area contributed by atoms with Gasteiger partial charge in [-0.2, -0.15) is 0 Å². The lowest BCUT2D eigenvalue weighted by atomic mass is 10.1. The number of imidazole rings is 1. The van der Waals surface area contributed by atoms with Crippen molar-refractivity contribution in [1.82, 2.24) is 9.13 Å². The lowest BCUT2D eigenvalue weighted by Crippen LogP contribution is -2.24. The molecule has 3 rings (SSSR count). The summed E-state index contributed by atoms with van der Waals surface area (Å²) in [6, 6.07) is 15.4. The van der Waals surface area contributed by atoms with E-state index in [4.69, 9.17) is 16.7 Å². The monoisotopic (exact) mass is 400 g/mol. The van der Waals surface area contributed by atoms with Gasteiger partial charge in [-0.05, 0) is 42.7 Å². The van der Waals surface area contributed by atoms with Crippen LogP contribution in [0.5, 0.6) is 0 Å². The molecule has 0 radical (unpaired) electrons. The minimum Gasteiger partial charge on any atom is -0.481 e. The van der Waals surface area contributed by atoms with Crippen molar-refractivity contribution in [2.75, 3.05) is 0 Å². The van der Waals surface area contributed by atoms with Gasteiger partial charge in [-0.1, -0.05) is 55.1 Å². The highest BCUT2D eigenvalue weighted by atomic mass is 35.5. The molecule has 5 nitrogen and oxygen atoms in total. The Morgan fingerprint density at radius 3 is 2.14 bits per heavy atom. The van der Waals surface area contributed by atoms with Crippen LogP contribution in [0.1, 0.15) is 44.1 Å². The molecule has 0 atom stereocenters. The summed E-state index contributed by atoms with van der Waals surface area (Å²) in [5.41, 5.74) is 2.92. The SMILES string of the molecule is O=C(O)CCCCCCCn1c(=O)n(Cc2ccc(Cl)cc2)c2ccccc21. The van der Waals surface area contributed by atoms with Gasteiger partial charge in [0.05, 0.1) is 17.6 Å². The Bertz CT molecular complexity index is 989. The fraction of sp³-hybridized carbons (Fsp3) is 0.364. The molecule has 28 heavy (non-hydrogen) atoms. The van der Waals surface area contributed by atoms with Crippen LogP contribution in [0.2, 0.25) is 5.02 Å². The number of rotatable bonds is 10. The predicted octanol–water partition coefficient (Wildman–Crippen LogP) is 4.93. The van der Waals surface area contributed by atoms with Crippen molar-refractivity contribution < 1.29 is 9.90 Å². The Labute approximate surface area is 169 Å². The van der Waals surface area contributed by atoms with Gasteiger partial charge in [0.15, 0.2) is 0 Å². The highest BCUT2D eigenvalue weighted by Crippen LogP contribution is 2.17. The molecule has 0 aliphatic rings. The minimum atomic E-state index is -0.736. The average Bonchev–Trinajstić information content (AvgIpc) is 2.94. The molecule has 0 bridgehead atoms. The summed E-state index contributed by atoms with van der Waals surface area (Å²) in [6.07, 6.45) is 4.75. The first kappa shape index (κ1) is 20.2. The van der Waals surface area contributed by atoms with Gasteiger partial charge in [0.1, 0.15) is 0 Å². The number of hydrogen-bond acceptors (Lipinski definition) is 2. The first-order valence-electron chi connectivity index (χ1n) is 9.70. The Morgan fingerprint density at radius 1 is 0.857 bits per heavy atom. The van der Waals surface area contributed by atoms with Crippen molar-refractivity contribution in [2.24, 2.45) is 0 Å². The molecule has 0 fully saturated rings. The summed E-state index contributed by atoms with van der Waals surface area (Å²) in [6.45, 7) is 1.19. The zero-order chi connectivity index (χ0) is 19.9. The second kappa shape index (κ2) is 9.60. The van der Waals surface area contributed by atoms with E-state index in [1.54, 1.807) is 0 Å². The number of benzene rings is 2. The summed E-state index contributed by atoms with van der Waals surface area (Å²) in [5.74, 6) is -0.736. The number of carboxylic acids is 1. The van der Waals surface area contributed by atoms with Crippen LogP contribution in [0.25, 0.3) is 11.0 Å². The Balaban J connectivity index is 1.69. The Morgan fingerprint density at radius 2 is 1.46 bits per heavy atom. The molecule has 0 aliphatic carbocycles. The van der Waals surface area contributed by atoms with E-state index in [0.717, 1.165) is 48.7 Å². The van der Waals surface area contributed by atoms with E-state index in [1.165, 1.54) is 0 Å². The zero-order valence-corrected chi connectivity index (χ0v) is 16.6. The number of carbonyl (C=O) groups is 1. The third kappa shape index (κ3) is 5.04. The molecule has 0 saturated heterocycles. The minimum absolute atomic E-state index is 0.00188. The lowest BCUT2D eigenvalue weighted by molar-refractivity contribution is -0.137. The number of aromatic nitrogens is 2. The van der Waals surface area contributed by atoms with E-state index in [0.29, 0.717) is 18.1 Å². The molecule has 2 aromatic carbocycles. The number of nitrogens with zero attached hydrogens (tertiary/aromatic N) is 2. The van der Waals surface area contributed by atoms with E-state index in [2.05, 4.69) is 0 Å². The van der Waals surface area contributed by atoms with Crippen molar-refractivity contribution in [3.8, 4) is 0 Å². The number of unbranched alkanes of at least 4 members (excludes halogenated alkanes) is 4. The molecule has 6 heteroatoms. The number of aryl methyl sites for hydroxylation is 1. The number of carboxylic acid groups (broad SMARTS) is 1. The van der Waals surface area contributed by atoms with Crippen LogP contribution < -0.4 is 5.69 Å². The van der Waals surface area contributed by atoms with Gasteiger partial charge < -0.3 is 5.11 Å². The van der Waals surface area contributed by atoms with Crippen LogP contribution in [0.15, 0.2) is 53.3 Å². The quantitative estimate of drug-likeness (QED) is 0.491. The molecule has 0 saturated carbocycles. The summed E-state index contributed by atoms with van der Waals surface area (Å²) in [7, 11) is 0. The van der Waals surface area contributed by atoms with Crippen LogP contribution in [0, 0.1) is 0 Å². The molecule has 1 aromatic heterocycles. The maximum atomic E-state index is 13.0. The molecular weight excluding hydrogens is 376 g/mol. The highest BCUT2D eigenvalue weighted by Gasteiger charge is 2.12. The van der Waals surface area contributed by atoms with Crippen molar-refractivity contribution in [1.29, 1.82) is 0 Å². The standard InChI is InChI=1S/C22H25ClN2O3/c23-18-13-11-17(12-14-18)16-25-20-9-6-5-8-19(20)24(22(25)28)15-7-3-1-2-4-10-21(26)27/h5-6,8-9,11-14H,1-4,7,10,15-16H2,(H,26,27). The van der Waals surface area contributed by atoms with E-state index >= 15 is 0 Å². The van der Waals surface area contributed by atoms with Crippen molar-refractivity contribution in [2.45, 2.75) is 51.6 Å². The lowest BCUT2D eigenvalue weighted by Gasteiger charge is -2.04. The Kier molecular flexibility index (Phi) is 6.93. The summed E-state index contributed by atoms with van der Waals surface area (Å²) in [4.78, 5) is 23.6. The topological polar surface area (TPSA) is 64.2 Å². The fourth-order valence-corrected chi connectivity index (χ4v) is 3.62. The first-order chi connectivity index (χ1) is 13.6. The number of aliphatic carboxylic acids is 1. The van der Waals surface area contributed by atoms with E-state index < -0.39 is 5.97 Å². The second-order valence-electron chi connectivity index (χ2n) is 7.05. The fourth-order valence-electron chi connectivity index (χ4n) is 3.49. The van der Waals surface area contributed by atoms with Crippen LogP contribution in [0.4, 0.5) is 0 Å². The molecule has 1 N–H and O–H groups in total. The molecule has 0 aliphatic heterocycles. The predicted molar refractivity (Wildman–Crippen MR) is 112 cm³/mol. The van der Waals surface area contributed by atoms with Crippen molar-refractivity contribution in [3.63, 3.8) is 0 Å².